The van der Waals surface area contributed by atoms with E-state index in [4.69, 9.17) is 0 Å². The van der Waals surface area contributed by atoms with Gasteiger partial charge >= 0.3 is 10.2 Å². The maximum absolute atomic E-state index is 13.0. The molecule has 0 aliphatic carbocycles. The third-order valence-electron chi connectivity index (χ3n) is 3.86. The molecule has 21 heavy (non-hydrogen) atoms. The molecule has 1 unspecified atom stereocenters. The second-order valence-electron chi connectivity index (χ2n) is 5.24. The Labute approximate surface area is 121 Å². The van der Waals surface area contributed by atoms with Crippen LogP contribution >= 0.6 is 0 Å². The van der Waals surface area contributed by atoms with E-state index in [9.17, 15) is 21.9 Å². The summed E-state index contributed by atoms with van der Waals surface area (Å²) >= 11 is 0. The van der Waals surface area contributed by atoms with Crippen molar-refractivity contribution in [2.24, 2.45) is 0 Å². The van der Waals surface area contributed by atoms with Crippen molar-refractivity contribution in [3.8, 4) is 0 Å². The highest BCUT2D eigenvalue weighted by Crippen LogP contribution is 2.29. The molecule has 8 heteroatoms. The number of nitrogens with zero attached hydrogens (tertiary/aromatic N) is 1. The number of amides is 2. The molecule has 0 spiro atoms. The summed E-state index contributed by atoms with van der Waals surface area (Å²) in [6, 6.07) is 3.67. The molecule has 1 saturated heterocycles. The van der Waals surface area contributed by atoms with Gasteiger partial charge in [-0.15, -0.1) is 3.89 Å². The Morgan fingerprint density at radius 1 is 1.19 bits per heavy atom. The Morgan fingerprint density at radius 3 is 2.57 bits per heavy atom. The van der Waals surface area contributed by atoms with Crippen LogP contribution in [0.3, 0.4) is 0 Å². The van der Waals surface area contributed by atoms with Gasteiger partial charge in [0.2, 0.25) is 11.8 Å². The highest BCUT2D eigenvalue weighted by atomic mass is 32.3. The van der Waals surface area contributed by atoms with Crippen LogP contribution in [0.25, 0.3) is 0 Å². The van der Waals surface area contributed by atoms with Gasteiger partial charge in [0.1, 0.15) is 0 Å². The van der Waals surface area contributed by atoms with Crippen molar-refractivity contribution in [2.45, 2.75) is 36.9 Å². The lowest BCUT2D eigenvalue weighted by Crippen LogP contribution is -2.50. The molecule has 0 radical (unpaired) electrons. The summed E-state index contributed by atoms with van der Waals surface area (Å²) in [7, 11) is -4.73. The summed E-state index contributed by atoms with van der Waals surface area (Å²) in [5, 5.41) is 2.29. The van der Waals surface area contributed by atoms with E-state index in [-0.39, 0.29) is 23.1 Å². The zero-order valence-corrected chi connectivity index (χ0v) is 11.8. The molecule has 2 aliphatic heterocycles. The second-order valence-corrected chi connectivity index (χ2v) is 6.59. The van der Waals surface area contributed by atoms with Gasteiger partial charge in [-0.3, -0.25) is 19.8 Å². The average Bonchev–Trinajstić information content (AvgIpc) is 2.79. The number of piperidine rings is 1. The van der Waals surface area contributed by atoms with Gasteiger partial charge in [0, 0.05) is 19.5 Å². The number of carbonyl (C=O) groups excluding carboxylic acids is 2. The van der Waals surface area contributed by atoms with E-state index in [1.807, 2.05) is 4.90 Å². The minimum atomic E-state index is -4.73. The zero-order chi connectivity index (χ0) is 15.2. The monoisotopic (exact) mass is 312 g/mol. The number of carbonyl (C=O) groups is 2. The van der Waals surface area contributed by atoms with Crippen LogP contribution in [0.4, 0.5) is 3.89 Å². The number of hydrogen-bond donors (Lipinski definition) is 1. The van der Waals surface area contributed by atoms with Gasteiger partial charge in [-0.05, 0) is 29.7 Å². The first-order valence-electron chi connectivity index (χ1n) is 6.49. The molecule has 2 amide bonds. The number of rotatable bonds is 2. The van der Waals surface area contributed by atoms with Crippen molar-refractivity contribution in [2.75, 3.05) is 0 Å². The van der Waals surface area contributed by atoms with Crippen LogP contribution in [-0.2, 0) is 32.9 Å². The fourth-order valence-corrected chi connectivity index (χ4v) is 3.31. The largest absolute Gasteiger partial charge is 0.332 e. The van der Waals surface area contributed by atoms with E-state index in [2.05, 4.69) is 5.32 Å². The molecule has 2 heterocycles. The fraction of sp³-hybridized carbons (Fsp3) is 0.385. The van der Waals surface area contributed by atoms with Crippen molar-refractivity contribution in [1.29, 1.82) is 0 Å². The molecule has 6 nitrogen and oxygen atoms in total. The lowest BCUT2D eigenvalue weighted by Gasteiger charge is -2.29. The van der Waals surface area contributed by atoms with Gasteiger partial charge in [-0.1, -0.05) is 6.07 Å². The summed E-state index contributed by atoms with van der Waals surface area (Å²) in [5.74, 6) is -0.615. The smallest absolute Gasteiger partial charge is 0.295 e. The fourth-order valence-electron chi connectivity index (χ4n) is 2.80. The van der Waals surface area contributed by atoms with Crippen LogP contribution < -0.4 is 5.32 Å². The number of imide groups is 1. The second kappa shape index (κ2) is 4.88. The van der Waals surface area contributed by atoms with Crippen molar-refractivity contribution >= 4 is 22.0 Å². The molecule has 1 atom stereocenters. The third-order valence-corrected chi connectivity index (χ3v) is 4.67. The molecule has 1 aromatic carbocycles. The Bertz CT molecular complexity index is 732. The summed E-state index contributed by atoms with van der Waals surface area (Å²) in [4.78, 5) is 24.5. The Kier molecular flexibility index (Phi) is 3.29. The normalized spacial score (nSPS) is 23.0. The van der Waals surface area contributed by atoms with Crippen LogP contribution in [0.1, 0.15) is 24.0 Å². The average molecular weight is 312 g/mol. The van der Waals surface area contributed by atoms with Crippen LogP contribution in [-0.4, -0.2) is 31.2 Å². The molecule has 1 N–H and O–H groups in total. The first-order chi connectivity index (χ1) is 9.84. The summed E-state index contributed by atoms with van der Waals surface area (Å²) in [5.41, 5.74) is 1.56. The maximum Gasteiger partial charge on any atom is 0.332 e. The molecule has 112 valence electrons. The number of nitrogens with one attached hydrogen (secondary N) is 1. The molecular formula is C13H13FN2O4S. The molecule has 0 bridgehead atoms. The first kappa shape index (κ1) is 14.2. The molecular weight excluding hydrogens is 299 g/mol. The Balaban J connectivity index is 1.82. The standard InChI is InChI=1S/C13H13FN2O4S/c14-21(19,20)10-2-1-8-6-16(7-9(8)5-10)11-3-4-12(17)15-13(11)18/h1-2,5,11H,3-4,6-7H2,(H,15,17,18). The van der Waals surface area contributed by atoms with Gasteiger partial charge < -0.3 is 0 Å². The van der Waals surface area contributed by atoms with Crippen LogP contribution in [0, 0.1) is 0 Å². The van der Waals surface area contributed by atoms with E-state index in [0.29, 0.717) is 25.1 Å². The summed E-state index contributed by atoms with van der Waals surface area (Å²) in [6.45, 7) is 0.846. The predicted molar refractivity (Wildman–Crippen MR) is 70.2 cm³/mol. The van der Waals surface area contributed by atoms with E-state index in [1.165, 1.54) is 12.1 Å². The van der Waals surface area contributed by atoms with Crippen molar-refractivity contribution < 1.29 is 21.9 Å². The number of halogens is 1. The van der Waals surface area contributed by atoms with Crippen molar-refractivity contribution in [1.82, 2.24) is 10.2 Å². The van der Waals surface area contributed by atoms with Crippen LogP contribution in [0.15, 0.2) is 23.1 Å². The Morgan fingerprint density at radius 2 is 1.90 bits per heavy atom. The maximum atomic E-state index is 13.0. The molecule has 1 fully saturated rings. The molecule has 0 aromatic heterocycles. The highest BCUT2D eigenvalue weighted by Gasteiger charge is 2.35. The van der Waals surface area contributed by atoms with E-state index in [0.717, 1.165) is 5.56 Å². The quantitative estimate of drug-likeness (QED) is 0.634. The zero-order valence-electron chi connectivity index (χ0n) is 11.0. The minimum absolute atomic E-state index is 0.279. The van der Waals surface area contributed by atoms with Crippen molar-refractivity contribution in [3.05, 3.63) is 29.3 Å². The van der Waals surface area contributed by atoms with Gasteiger partial charge in [-0.2, -0.15) is 8.42 Å². The molecule has 0 saturated carbocycles. The number of fused-ring (bicyclic) bond motifs is 1. The van der Waals surface area contributed by atoms with Gasteiger partial charge in [0.15, 0.2) is 0 Å². The van der Waals surface area contributed by atoms with Gasteiger partial charge in [0.25, 0.3) is 0 Å². The summed E-state index contributed by atoms with van der Waals surface area (Å²) in [6.07, 6.45) is 0.723. The minimum Gasteiger partial charge on any atom is -0.295 e. The first-order valence-corrected chi connectivity index (χ1v) is 7.87. The lowest BCUT2D eigenvalue weighted by atomic mass is 10.0. The number of hydrogen-bond acceptors (Lipinski definition) is 5. The van der Waals surface area contributed by atoms with Crippen LogP contribution in [0.5, 0.6) is 0 Å². The van der Waals surface area contributed by atoms with Gasteiger partial charge in [-0.25, -0.2) is 0 Å². The predicted octanol–water partition coefficient (Wildman–Crippen LogP) is 0.466. The van der Waals surface area contributed by atoms with E-state index in [1.54, 1.807) is 6.07 Å². The van der Waals surface area contributed by atoms with Crippen molar-refractivity contribution in [3.63, 3.8) is 0 Å². The van der Waals surface area contributed by atoms with E-state index < -0.39 is 16.3 Å². The number of benzene rings is 1. The van der Waals surface area contributed by atoms with Gasteiger partial charge in [0.05, 0.1) is 10.9 Å². The topological polar surface area (TPSA) is 83.6 Å². The molecule has 1 aromatic rings. The molecule has 2 aliphatic rings. The third kappa shape index (κ3) is 2.68. The molecule has 3 rings (SSSR count). The highest BCUT2D eigenvalue weighted by molar-refractivity contribution is 7.86. The van der Waals surface area contributed by atoms with Crippen LogP contribution in [0.2, 0.25) is 0 Å². The lowest BCUT2D eigenvalue weighted by molar-refractivity contribution is -0.137. The van der Waals surface area contributed by atoms with E-state index >= 15 is 0 Å². The Hall–Kier alpha value is -1.80. The SMILES string of the molecule is O=C1CCC(N2Cc3ccc(S(=O)(=O)F)cc3C2)C(=O)N1. The summed E-state index contributed by atoms with van der Waals surface area (Å²) < 4.78 is 34.8.